The first-order chi connectivity index (χ1) is 26.9. The maximum Gasteiger partial charge on any atom is 0.430 e. The topological polar surface area (TPSA) is 87.2 Å². The van der Waals surface area contributed by atoms with Crippen LogP contribution in [-0.4, -0.2) is 98.9 Å². The van der Waals surface area contributed by atoms with Gasteiger partial charge in [-0.05, 0) is 41.5 Å². The monoisotopic (exact) mass is 827 g/mol. The summed E-state index contributed by atoms with van der Waals surface area (Å²) < 4.78 is 165. The van der Waals surface area contributed by atoms with Gasteiger partial charge in [-0.2, -0.15) is 26.3 Å². The summed E-state index contributed by atoms with van der Waals surface area (Å²) in [7, 11) is -4.51. The average Bonchev–Trinajstić information content (AvgIpc) is 3.63. The number of likely N-dealkylation sites (tertiary alicyclic amines) is 1. The molecule has 2 aliphatic heterocycles. The lowest BCUT2D eigenvalue weighted by Crippen LogP contribution is -2.55. The molecule has 2 atom stereocenters. The maximum absolute atomic E-state index is 15.0. The summed E-state index contributed by atoms with van der Waals surface area (Å²) in [6.07, 6.45) is -11.7. The summed E-state index contributed by atoms with van der Waals surface area (Å²) in [6.45, 7) is -1.32. The van der Waals surface area contributed by atoms with Gasteiger partial charge in [0, 0.05) is 61.9 Å². The zero-order valence-corrected chi connectivity index (χ0v) is 30.6. The fourth-order valence-corrected chi connectivity index (χ4v) is 9.18. The van der Waals surface area contributed by atoms with Gasteiger partial charge in [-0.1, -0.05) is 60.7 Å². The highest BCUT2D eigenvalue weighted by molar-refractivity contribution is 7.92. The Morgan fingerprint density at radius 1 is 0.737 bits per heavy atom. The van der Waals surface area contributed by atoms with E-state index in [9.17, 15) is 53.1 Å². The molecule has 0 aliphatic carbocycles. The third-order valence-corrected chi connectivity index (χ3v) is 12.5. The number of urea groups is 1. The van der Waals surface area contributed by atoms with Crippen LogP contribution in [-0.2, 0) is 31.6 Å². The molecular weight excluding hydrogens is 793 g/mol. The number of amides is 2. The Kier molecular flexibility index (Phi) is 11.8. The van der Waals surface area contributed by atoms with Crippen LogP contribution in [0.1, 0.15) is 22.6 Å². The number of piperazine rings is 1. The number of hydrogen-bond donors (Lipinski definition) is 0. The van der Waals surface area contributed by atoms with Gasteiger partial charge in [0.05, 0.1) is 23.3 Å². The molecule has 6 rings (SSSR count). The summed E-state index contributed by atoms with van der Waals surface area (Å²) >= 11 is 0. The number of ether oxygens (including phenoxy) is 1. The molecule has 304 valence electrons. The zero-order chi connectivity index (χ0) is 41.3. The van der Waals surface area contributed by atoms with Gasteiger partial charge in [0.15, 0.2) is 9.84 Å². The van der Waals surface area contributed by atoms with Crippen molar-refractivity contribution in [2.75, 3.05) is 45.8 Å². The Hall–Kier alpha value is -4.94. The van der Waals surface area contributed by atoms with E-state index in [1.54, 1.807) is 35.2 Å². The second kappa shape index (κ2) is 16.1. The SMILES string of the molecule is O=CCN1CCN(C(=O)N2C[C@H](c3ccc(C(OCc4c(F)cccc4F)(C(F)(F)F)C(F)(F)F)cc3)[C@@H](S(=O)(=O)c3ccc(F)c(-c4ccccc4)c3)C2)CC1. The van der Waals surface area contributed by atoms with Gasteiger partial charge in [0.2, 0.25) is 0 Å². The number of benzene rings is 4. The lowest BCUT2D eigenvalue weighted by molar-refractivity contribution is -0.392. The first-order valence-electron chi connectivity index (χ1n) is 17.5. The fourth-order valence-electron chi connectivity index (χ4n) is 7.24. The Morgan fingerprint density at radius 2 is 1.35 bits per heavy atom. The lowest BCUT2D eigenvalue weighted by atomic mass is 9.88. The standard InChI is InChI=1S/C39H34F9N3O5S/c40-32-7-4-8-33(41)31(32)24-56-37(38(43,44)45,39(46,47)48)27-11-9-26(10-12-27)30-22-51(36(53)50-17-15-49(16-18-50)19-20-52)23-35(30)57(54,55)28-13-14-34(42)29(21-28)25-5-2-1-3-6-25/h1-14,20-21,30,35H,15-19,22-24H2/t30-,35+/m1/s1. The van der Waals surface area contributed by atoms with Crippen molar-refractivity contribution in [1.82, 2.24) is 14.7 Å². The highest BCUT2D eigenvalue weighted by Gasteiger charge is 2.73. The van der Waals surface area contributed by atoms with Crippen molar-refractivity contribution in [3.05, 3.63) is 125 Å². The molecule has 2 saturated heterocycles. The van der Waals surface area contributed by atoms with E-state index in [4.69, 9.17) is 0 Å². The number of rotatable bonds is 10. The molecule has 0 unspecified atom stereocenters. The molecule has 0 radical (unpaired) electrons. The lowest BCUT2D eigenvalue weighted by Gasteiger charge is -2.37. The number of nitrogens with zero attached hydrogens (tertiary/aromatic N) is 3. The molecule has 0 aromatic heterocycles. The van der Waals surface area contributed by atoms with E-state index in [2.05, 4.69) is 4.74 Å². The minimum absolute atomic E-state index is 0.0531. The van der Waals surface area contributed by atoms with Crippen molar-refractivity contribution in [2.24, 2.45) is 0 Å². The van der Waals surface area contributed by atoms with E-state index < -0.39 is 86.7 Å². The Balaban J connectivity index is 1.38. The van der Waals surface area contributed by atoms with E-state index in [1.807, 2.05) is 0 Å². The van der Waals surface area contributed by atoms with Crippen LogP contribution in [0, 0.1) is 17.5 Å². The fraction of sp³-hybridized carbons (Fsp3) is 0.333. The molecule has 8 nitrogen and oxygen atoms in total. The Labute approximate surface area is 321 Å². The molecule has 0 N–H and O–H groups in total. The molecule has 0 spiro atoms. The number of halogens is 9. The van der Waals surface area contributed by atoms with Crippen LogP contribution in [0.25, 0.3) is 11.1 Å². The number of hydrogen-bond acceptors (Lipinski definition) is 6. The summed E-state index contributed by atoms with van der Waals surface area (Å²) in [4.78, 5) is 28.9. The van der Waals surface area contributed by atoms with Gasteiger partial charge < -0.3 is 19.3 Å². The van der Waals surface area contributed by atoms with Gasteiger partial charge >= 0.3 is 18.4 Å². The second-order valence-electron chi connectivity index (χ2n) is 13.6. The van der Waals surface area contributed by atoms with Crippen LogP contribution >= 0.6 is 0 Å². The van der Waals surface area contributed by atoms with Crippen molar-refractivity contribution in [3.63, 3.8) is 0 Å². The van der Waals surface area contributed by atoms with Crippen LogP contribution in [0.5, 0.6) is 0 Å². The van der Waals surface area contributed by atoms with Crippen molar-refractivity contribution >= 4 is 22.2 Å². The zero-order valence-electron chi connectivity index (χ0n) is 29.7. The summed E-state index contributed by atoms with van der Waals surface area (Å²) in [5.41, 5.74) is -7.51. The Bertz CT molecular complexity index is 2160. The molecular formula is C39H34F9N3O5S. The molecule has 0 saturated carbocycles. The molecule has 4 aromatic carbocycles. The number of carbonyl (C=O) groups is 2. The van der Waals surface area contributed by atoms with Gasteiger partial charge in [-0.25, -0.2) is 26.4 Å². The third-order valence-electron chi connectivity index (χ3n) is 10.3. The number of alkyl halides is 6. The largest absolute Gasteiger partial charge is 0.430 e. The molecule has 57 heavy (non-hydrogen) atoms. The van der Waals surface area contributed by atoms with Crippen LogP contribution < -0.4 is 0 Å². The van der Waals surface area contributed by atoms with Crippen molar-refractivity contribution in [2.45, 2.75) is 40.6 Å². The minimum atomic E-state index is -6.22. The first kappa shape index (κ1) is 41.7. The number of aldehydes is 1. The van der Waals surface area contributed by atoms with Crippen LogP contribution in [0.3, 0.4) is 0 Å². The predicted molar refractivity (Wildman–Crippen MR) is 188 cm³/mol. The highest BCUT2D eigenvalue weighted by atomic mass is 32.2. The summed E-state index contributed by atoms with van der Waals surface area (Å²) in [5, 5.41) is -1.51. The molecule has 0 bridgehead atoms. The Morgan fingerprint density at radius 3 is 1.93 bits per heavy atom. The maximum atomic E-state index is 15.0. The second-order valence-corrected chi connectivity index (χ2v) is 15.8. The number of sulfone groups is 1. The van der Waals surface area contributed by atoms with E-state index in [0.29, 0.717) is 49.2 Å². The molecule has 2 amide bonds. The summed E-state index contributed by atoms with van der Waals surface area (Å²) in [6, 6.07) is 15.3. The molecule has 2 heterocycles. The van der Waals surface area contributed by atoms with Crippen molar-refractivity contribution in [3.8, 4) is 11.1 Å². The number of carbonyl (C=O) groups excluding carboxylic acids is 2. The summed E-state index contributed by atoms with van der Waals surface area (Å²) in [5.74, 6) is -4.82. The first-order valence-corrected chi connectivity index (χ1v) is 19.0. The average molecular weight is 828 g/mol. The smallest absolute Gasteiger partial charge is 0.349 e. The van der Waals surface area contributed by atoms with Crippen LogP contribution in [0.4, 0.5) is 44.3 Å². The van der Waals surface area contributed by atoms with E-state index in [0.717, 1.165) is 36.4 Å². The van der Waals surface area contributed by atoms with E-state index in [1.165, 1.54) is 9.80 Å². The van der Waals surface area contributed by atoms with Gasteiger partial charge in [0.25, 0.3) is 5.60 Å². The van der Waals surface area contributed by atoms with E-state index in [-0.39, 0.29) is 42.2 Å². The molecule has 4 aromatic rings. The van der Waals surface area contributed by atoms with Crippen LogP contribution in [0.15, 0.2) is 95.9 Å². The van der Waals surface area contributed by atoms with Gasteiger partial charge in [-0.3, -0.25) is 4.90 Å². The minimum Gasteiger partial charge on any atom is -0.349 e. The van der Waals surface area contributed by atoms with Gasteiger partial charge in [-0.15, -0.1) is 0 Å². The normalized spacial score (nSPS) is 18.5. The highest BCUT2D eigenvalue weighted by Crippen LogP contribution is 2.54. The third kappa shape index (κ3) is 8.12. The van der Waals surface area contributed by atoms with Gasteiger partial charge in [0.1, 0.15) is 23.7 Å². The molecule has 18 heteroatoms. The van der Waals surface area contributed by atoms with Crippen LogP contribution in [0.2, 0.25) is 0 Å². The van der Waals surface area contributed by atoms with Crippen molar-refractivity contribution < 1.29 is 62.3 Å². The van der Waals surface area contributed by atoms with Crippen molar-refractivity contribution in [1.29, 1.82) is 0 Å². The molecule has 2 fully saturated rings. The molecule has 2 aliphatic rings. The quantitative estimate of drug-likeness (QED) is 0.0937. The van der Waals surface area contributed by atoms with E-state index >= 15 is 4.39 Å². The predicted octanol–water partition coefficient (Wildman–Crippen LogP) is 7.49.